The van der Waals surface area contributed by atoms with E-state index < -0.39 is 15.8 Å². The topological polar surface area (TPSA) is 9.23 Å². The largest absolute Gasteiger partial charge is 0.381 e. The maximum absolute atomic E-state index is 6.41. The van der Waals surface area contributed by atoms with E-state index in [0.29, 0.717) is 11.8 Å². The van der Waals surface area contributed by atoms with Crippen LogP contribution in [0.3, 0.4) is 0 Å². The van der Waals surface area contributed by atoms with Crippen LogP contribution in [0.25, 0.3) is 0 Å². The van der Waals surface area contributed by atoms with Gasteiger partial charge in [-0.1, -0.05) is 149 Å². The van der Waals surface area contributed by atoms with Crippen LogP contribution in [0.2, 0.25) is 0 Å². The Labute approximate surface area is 225 Å². The number of benzene rings is 4. The van der Waals surface area contributed by atoms with Gasteiger partial charge < -0.3 is 4.74 Å². The lowest BCUT2D eigenvalue weighted by molar-refractivity contribution is 0.175. The first-order valence-corrected chi connectivity index (χ1v) is 16.0. The van der Waals surface area contributed by atoms with E-state index in [2.05, 4.69) is 149 Å². The second-order valence-corrected chi connectivity index (χ2v) is 16.8. The molecule has 0 aromatic heterocycles. The standard InChI is InChI=1S/C34H38OP2/c1-33(2,36(27-17-9-5-10-18-27)28-19-11-6-12-20-28)31-25-35-26-32(31)34(3,4)37(29-21-13-7-14-22-29)30-23-15-8-16-24-30/h5-24,31-32H,25-26H2,1-4H3. The van der Waals surface area contributed by atoms with Crippen LogP contribution in [0.1, 0.15) is 27.7 Å². The first-order valence-electron chi connectivity index (χ1n) is 13.3. The molecule has 4 aromatic rings. The van der Waals surface area contributed by atoms with E-state index in [-0.39, 0.29) is 10.3 Å². The van der Waals surface area contributed by atoms with Crippen molar-refractivity contribution in [3.8, 4) is 0 Å². The summed E-state index contributed by atoms with van der Waals surface area (Å²) in [6.45, 7) is 11.7. The van der Waals surface area contributed by atoms with Crippen LogP contribution in [0, 0.1) is 11.8 Å². The summed E-state index contributed by atoms with van der Waals surface area (Å²) in [5, 5.41) is 5.92. The van der Waals surface area contributed by atoms with Crippen molar-refractivity contribution in [1.29, 1.82) is 0 Å². The zero-order chi connectivity index (χ0) is 25.9. The Balaban J connectivity index is 1.58. The van der Waals surface area contributed by atoms with E-state index in [1.54, 1.807) is 0 Å². The SMILES string of the molecule is CC(C)(C1COCC1C(C)(C)P(c1ccccc1)c1ccccc1)P(c1ccccc1)c1ccccc1. The minimum atomic E-state index is -0.580. The average Bonchev–Trinajstić information content (AvgIpc) is 3.44. The lowest BCUT2D eigenvalue weighted by Gasteiger charge is -2.48. The second-order valence-electron chi connectivity index (χ2n) is 11.1. The van der Waals surface area contributed by atoms with Crippen LogP contribution in [0.15, 0.2) is 121 Å². The van der Waals surface area contributed by atoms with Gasteiger partial charge in [0.05, 0.1) is 13.2 Å². The van der Waals surface area contributed by atoms with E-state index >= 15 is 0 Å². The molecule has 0 radical (unpaired) electrons. The maximum Gasteiger partial charge on any atom is 0.0507 e. The molecule has 3 heteroatoms. The van der Waals surface area contributed by atoms with Gasteiger partial charge in [-0.05, 0) is 59.2 Å². The first-order chi connectivity index (χ1) is 17.9. The Bertz CT molecular complexity index is 1080. The molecule has 1 aliphatic heterocycles. The quantitative estimate of drug-likeness (QED) is 0.224. The third-order valence-corrected chi connectivity index (χ3v) is 14.3. The van der Waals surface area contributed by atoms with Crippen LogP contribution in [-0.4, -0.2) is 23.5 Å². The lowest BCUT2D eigenvalue weighted by atomic mass is 9.78. The summed E-state index contributed by atoms with van der Waals surface area (Å²) in [5.41, 5.74) is 0. The molecule has 1 saturated heterocycles. The molecule has 1 fully saturated rings. The predicted molar refractivity (Wildman–Crippen MR) is 164 cm³/mol. The number of rotatable bonds is 8. The molecular weight excluding hydrogens is 486 g/mol. The highest BCUT2D eigenvalue weighted by molar-refractivity contribution is 7.75. The van der Waals surface area contributed by atoms with Crippen LogP contribution in [-0.2, 0) is 4.74 Å². The summed E-state index contributed by atoms with van der Waals surface area (Å²) in [4.78, 5) is 0. The van der Waals surface area contributed by atoms with E-state index in [9.17, 15) is 0 Å². The summed E-state index contributed by atoms with van der Waals surface area (Å²) >= 11 is 0. The van der Waals surface area contributed by atoms with E-state index in [4.69, 9.17) is 4.74 Å². The first kappa shape index (κ1) is 26.3. The van der Waals surface area contributed by atoms with Crippen molar-refractivity contribution in [2.24, 2.45) is 11.8 Å². The molecule has 5 rings (SSSR count). The second kappa shape index (κ2) is 11.2. The Morgan fingerprint density at radius 3 is 0.946 bits per heavy atom. The highest BCUT2D eigenvalue weighted by Gasteiger charge is 2.52. The van der Waals surface area contributed by atoms with Crippen molar-refractivity contribution in [3.05, 3.63) is 121 Å². The van der Waals surface area contributed by atoms with Gasteiger partial charge in [-0.2, -0.15) is 0 Å². The van der Waals surface area contributed by atoms with Crippen molar-refractivity contribution in [2.45, 2.75) is 38.0 Å². The molecule has 4 aromatic carbocycles. The van der Waals surface area contributed by atoms with Crippen molar-refractivity contribution in [2.75, 3.05) is 13.2 Å². The minimum absolute atomic E-state index is 0.0604. The fraction of sp³-hybridized carbons (Fsp3) is 0.294. The van der Waals surface area contributed by atoms with Crippen LogP contribution < -0.4 is 21.2 Å². The average molecular weight is 525 g/mol. The molecule has 0 amide bonds. The van der Waals surface area contributed by atoms with Crippen molar-refractivity contribution in [3.63, 3.8) is 0 Å². The molecule has 1 heterocycles. The maximum atomic E-state index is 6.41. The highest BCUT2D eigenvalue weighted by Crippen LogP contribution is 2.61. The fourth-order valence-electron chi connectivity index (χ4n) is 6.22. The molecule has 0 aliphatic carbocycles. The third-order valence-electron chi connectivity index (χ3n) is 8.11. The van der Waals surface area contributed by atoms with Gasteiger partial charge in [-0.25, -0.2) is 0 Å². The van der Waals surface area contributed by atoms with Crippen molar-refractivity contribution >= 4 is 37.1 Å². The molecule has 2 unspecified atom stereocenters. The molecule has 0 saturated carbocycles. The summed E-state index contributed by atoms with van der Waals surface area (Å²) in [7, 11) is -1.16. The van der Waals surface area contributed by atoms with Gasteiger partial charge in [0.15, 0.2) is 0 Å². The van der Waals surface area contributed by atoms with Crippen LogP contribution in [0.5, 0.6) is 0 Å². The van der Waals surface area contributed by atoms with Crippen LogP contribution in [0.4, 0.5) is 0 Å². The van der Waals surface area contributed by atoms with Crippen molar-refractivity contribution < 1.29 is 4.74 Å². The zero-order valence-corrected chi connectivity index (χ0v) is 24.2. The molecular formula is C34H38OP2. The monoisotopic (exact) mass is 524 g/mol. The molecule has 37 heavy (non-hydrogen) atoms. The number of hydrogen-bond acceptors (Lipinski definition) is 1. The molecule has 0 bridgehead atoms. The van der Waals surface area contributed by atoms with E-state index in [1.807, 2.05) is 0 Å². The third kappa shape index (κ3) is 5.33. The Morgan fingerprint density at radius 1 is 0.459 bits per heavy atom. The van der Waals surface area contributed by atoms with Crippen molar-refractivity contribution in [1.82, 2.24) is 0 Å². The molecule has 1 nitrogen and oxygen atoms in total. The summed E-state index contributed by atoms with van der Waals surface area (Å²) in [5.74, 6) is 0.901. The van der Waals surface area contributed by atoms with Gasteiger partial charge in [-0.15, -0.1) is 0 Å². The molecule has 0 spiro atoms. The molecule has 2 atom stereocenters. The van der Waals surface area contributed by atoms with Gasteiger partial charge in [0.1, 0.15) is 0 Å². The number of ether oxygens (including phenoxy) is 1. The van der Waals surface area contributed by atoms with E-state index in [1.165, 1.54) is 21.2 Å². The van der Waals surface area contributed by atoms with Gasteiger partial charge in [-0.3, -0.25) is 0 Å². The lowest BCUT2D eigenvalue weighted by Crippen LogP contribution is -2.47. The smallest absolute Gasteiger partial charge is 0.0507 e. The molecule has 190 valence electrons. The summed E-state index contributed by atoms with van der Waals surface area (Å²) in [6, 6.07) is 44.7. The number of hydrogen-bond donors (Lipinski definition) is 0. The Morgan fingerprint density at radius 2 is 0.703 bits per heavy atom. The molecule has 0 N–H and O–H groups in total. The van der Waals surface area contributed by atoms with Gasteiger partial charge >= 0.3 is 0 Å². The van der Waals surface area contributed by atoms with Crippen LogP contribution >= 0.6 is 15.8 Å². The highest BCUT2D eigenvalue weighted by atomic mass is 31.1. The normalized spacial score (nSPS) is 18.4. The molecule has 1 aliphatic rings. The Hall–Kier alpha value is -2.30. The van der Waals surface area contributed by atoms with Gasteiger partial charge in [0, 0.05) is 0 Å². The zero-order valence-electron chi connectivity index (χ0n) is 22.4. The summed E-state index contributed by atoms with van der Waals surface area (Å²) in [6.07, 6.45) is 0. The fourth-order valence-corrected chi connectivity index (χ4v) is 12.5. The minimum Gasteiger partial charge on any atom is -0.381 e. The van der Waals surface area contributed by atoms with Gasteiger partial charge in [0.25, 0.3) is 0 Å². The van der Waals surface area contributed by atoms with E-state index in [0.717, 1.165) is 13.2 Å². The van der Waals surface area contributed by atoms with Gasteiger partial charge in [0.2, 0.25) is 0 Å². The Kier molecular flexibility index (Phi) is 7.97. The summed E-state index contributed by atoms with van der Waals surface area (Å²) < 4.78 is 6.41. The predicted octanol–water partition coefficient (Wildman–Crippen LogP) is 7.07.